The van der Waals surface area contributed by atoms with Crippen molar-refractivity contribution in [1.82, 2.24) is 4.98 Å². The summed E-state index contributed by atoms with van der Waals surface area (Å²) < 4.78 is 10.6. The fraction of sp³-hybridized carbons (Fsp3) is 0.200. The first-order valence-electron chi connectivity index (χ1n) is 10.5. The maximum absolute atomic E-state index is 12.6. The van der Waals surface area contributed by atoms with E-state index in [1.165, 1.54) is 6.20 Å². The minimum absolute atomic E-state index is 0.0922. The molecule has 168 valence electrons. The highest BCUT2D eigenvalue weighted by atomic mass is 16.5. The smallest absolute Gasteiger partial charge is 0.338 e. The zero-order valence-electron chi connectivity index (χ0n) is 18.5. The number of benzene rings is 2. The molecule has 3 aromatic rings. The van der Waals surface area contributed by atoms with E-state index < -0.39 is 11.4 Å². The number of carbonyl (C=O) groups is 3. The number of esters is 1. The Hall–Kier alpha value is -4.20. The van der Waals surface area contributed by atoms with Crippen molar-refractivity contribution < 1.29 is 23.9 Å². The Kier molecular flexibility index (Phi) is 5.83. The third-order valence-corrected chi connectivity index (χ3v) is 5.35. The van der Waals surface area contributed by atoms with Crippen LogP contribution in [0.2, 0.25) is 0 Å². The summed E-state index contributed by atoms with van der Waals surface area (Å²) in [5.41, 5.74) is 2.24. The number of anilines is 2. The van der Waals surface area contributed by atoms with Gasteiger partial charge < -0.3 is 20.1 Å². The molecule has 0 aliphatic carbocycles. The van der Waals surface area contributed by atoms with Gasteiger partial charge in [0, 0.05) is 17.3 Å². The van der Waals surface area contributed by atoms with Crippen LogP contribution in [0.25, 0.3) is 0 Å². The molecule has 2 heterocycles. The molecule has 0 atom stereocenters. The monoisotopic (exact) mass is 445 g/mol. The van der Waals surface area contributed by atoms with E-state index in [4.69, 9.17) is 9.47 Å². The van der Waals surface area contributed by atoms with Gasteiger partial charge >= 0.3 is 5.97 Å². The van der Waals surface area contributed by atoms with Crippen LogP contribution < -0.4 is 15.4 Å². The van der Waals surface area contributed by atoms with E-state index in [0.29, 0.717) is 40.7 Å². The van der Waals surface area contributed by atoms with E-state index >= 15 is 0 Å². The highest BCUT2D eigenvalue weighted by molar-refractivity contribution is 6.09. The summed E-state index contributed by atoms with van der Waals surface area (Å²) in [6, 6.07) is 15.0. The van der Waals surface area contributed by atoms with Crippen LogP contribution in [0.3, 0.4) is 0 Å². The van der Waals surface area contributed by atoms with E-state index in [1.54, 1.807) is 61.5 Å². The number of nitrogens with zero attached hydrogens (tertiary/aromatic N) is 1. The van der Waals surface area contributed by atoms with Crippen molar-refractivity contribution in [2.24, 2.45) is 0 Å². The molecule has 8 nitrogen and oxygen atoms in total. The van der Waals surface area contributed by atoms with E-state index in [2.05, 4.69) is 15.6 Å². The van der Waals surface area contributed by atoms with Gasteiger partial charge in [-0.3, -0.25) is 9.59 Å². The van der Waals surface area contributed by atoms with Crippen LogP contribution in [0.1, 0.15) is 47.1 Å². The van der Waals surface area contributed by atoms with E-state index in [1.807, 2.05) is 13.8 Å². The van der Waals surface area contributed by atoms with Crippen LogP contribution in [-0.2, 0) is 14.9 Å². The highest BCUT2D eigenvalue weighted by Gasteiger charge is 2.38. The number of nitrogens with one attached hydrogen (secondary N) is 2. The van der Waals surface area contributed by atoms with Gasteiger partial charge in [0.1, 0.15) is 5.75 Å². The van der Waals surface area contributed by atoms with Crippen molar-refractivity contribution >= 4 is 29.2 Å². The largest absolute Gasteiger partial charge is 0.462 e. The number of amides is 2. The third-order valence-electron chi connectivity index (χ3n) is 5.35. The summed E-state index contributed by atoms with van der Waals surface area (Å²) in [4.78, 5) is 40.7. The molecular formula is C25H23N3O5. The Morgan fingerprint density at radius 3 is 2.42 bits per heavy atom. The quantitative estimate of drug-likeness (QED) is 0.540. The highest BCUT2D eigenvalue weighted by Crippen LogP contribution is 2.37. The topological polar surface area (TPSA) is 107 Å². The molecule has 2 N–H and O–H groups in total. The Morgan fingerprint density at radius 2 is 1.76 bits per heavy atom. The molecule has 1 aliphatic rings. The van der Waals surface area contributed by atoms with Gasteiger partial charge in [0.25, 0.3) is 5.91 Å². The van der Waals surface area contributed by atoms with Crippen LogP contribution in [0.15, 0.2) is 60.8 Å². The second-order valence-electron chi connectivity index (χ2n) is 8.03. The second-order valence-corrected chi connectivity index (χ2v) is 8.03. The third kappa shape index (κ3) is 4.55. The van der Waals surface area contributed by atoms with Crippen LogP contribution in [-0.4, -0.2) is 29.4 Å². The van der Waals surface area contributed by atoms with Gasteiger partial charge in [0.2, 0.25) is 11.8 Å². The lowest BCUT2D eigenvalue weighted by Gasteiger charge is -2.15. The van der Waals surface area contributed by atoms with Crippen LogP contribution in [0.5, 0.6) is 11.6 Å². The Bertz CT molecular complexity index is 1220. The molecule has 0 radical (unpaired) electrons. The molecule has 2 aromatic carbocycles. The number of rotatable bonds is 6. The van der Waals surface area contributed by atoms with Gasteiger partial charge in [-0.1, -0.05) is 6.07 Å². The summed E-state index contributed by atoms with van der Waals surface area (Å²) in [5, 5.41) is 5.60. The van der Waals surface area contributed by atoms with E-state index in [-0.39, 0.29) is 11.8 Å². The molecule has 0 fully saturated rings. The van der Waals surface area contributed by atoms with Crippen molar-refractivity contribution in [3.05, 3.63) is 77.5 Å². The first-order chi connectivity index (χ1) is 15.8. The van der Waals surface area contributed by atoms with Crippen molar-refractivity contribution in [3.63, 3.8) is 0 Å². The summed E-state index contributed by atoms with van der Waals surface area (Å²) in [6.07, 6.45) is 1.48. The molecule has 0 saturated carbocycles. The Labute approximate surface area is 190 Å². The number of fused-ring (bicyclic) bond motifs is 1. The van der Waals surface area contributed by atoms with Gasteiger partial charge in [0.05, 0.1) is 29.5 Å². The minimum Gasteiger partial charge on any atom is -0.462 e. The van der Waals surface area contributed by atoms with Crippen LogP contribution in [0, 0.1) is 0 Å². The average molecular weight is 445 g/mol. The molecule has 0 spiro atoms. The molecule has 2 amide bonds. The standard InChI is InChI=1S/C25H23N3O5/c1-4-32-23(30)15-5-9-18(10-6-15)33-21-12-8-17(14-26-21)27-22(29)16-7-11-19-20(13-16)28-24(31)25(19,2)3/h5-14H,4H2,1-3H3,(H,27,29)(H,28,31). The lowest BCUT2D eigenvalue weighted by Crippen LogP contribution is -2.26. The molecule has 0 bridgehead atoms. The molecular weight excluding hydrogens is 422 g/mol. The molecule has 8 heteroatoms. The molecule has 33 heavy (non-hydrogen) atoms. The number of pyridine rings is 1. The van der Waals surface area contributed by atoms with Gasteiger partial charge in [0.15, 0.2) is 0 Å². The van der Waals surface area contributed by atoms with Crippen molar-refractivity contribution in [3.8, 4) is 11.6 Å². The first-order valence-corrected chi connectivity index (χ1v) is 10.5. The number of ether oxygens (including phenoxy) is 2. The van der Waals surface area contributed by atoms with Crippen molar-refractivity contribution in [2.45, 2.75) is 26.2 Å². The predicted molar refractivity (Wildman–Crippen MR) is 123 cm³/mol. The summed E-state index contributed by atoms with van der Waals surface area (Å²) in [6.45, 7) is 5.75. The zero-order chi connectivity index (χ0) is 23.6. The maximum Gasteiger partial charge on any atom is 0.338 e. The van der Waals surface area contributed by atoms with Gasteiger partial charge in [-0.15, -0.1) is 0 Å². The second kappa shape index (κ2) is 8.74. The Morgan fingerprint density at radius 1 is 1.03 bits per heavy atom. The summed E-state index contributed by atoms with van der Waals surface area (Å²) >= 11 is 0. The molecule has 4 rings (SSSR count). The van der Waals surface area contributed by atoms with Gasteiger partial charge in [-0.2, -0.15) is 0 Å². The molecule has 0 unspecified atom stereocenters. The maximum atomic E-state index is 12.6. The predicted octanol–water partition coefficient (Wildman–Crippen LogP) is 4.53. The number of carbonyl (C=O) groups excluding carboxylic acids is 3. The Balaban J connectivity index is 1.39. The normalized spacial score (nSPS) is 13.6. The first kappa shape index (κ1) is 22.0. The lowest BCUT2D eigenvalue weighted by atomic mass is 9.86. The molecule has 1 aliphatic heterocycles. The van der Waals surface area contributed by atoms with Crippen LogP contribution in [0.4, 0.5) is 11.4 Å². The molecule has 1 aromatic heterocycles. The summed E-state index contributed by atoms with van der Waals surface area (Å²) in [5.74, 6) is 0.0405. The minimum atomic E-state index is -0.622. The van der Waals surface area contributed by atoms with Crippen molar-refractivity contribution in [1.29, 1.82) is 0 Å². The van der Waals surface area contributed by atoms with Crippen molar-refractivity contribution in [2.75, 3.05) is 17.2 Å². The molecule has 0 saturated heterocycles. The van der Waals surface area contributed by atoms with E-state index in [0.717, 1.165) is 5.56 Å². The van der Waals surface area contributed by atoms with Crippen LogP contribution >= 0.6 is 0 Å². The average Bonchev–Trinajstić information content (AvgIpc) is 3.03. The number of hydrogen-bond donors (Lipinski definition) is 2. The van der Waals surface area contributed by atoms with Gasteiger partial charge in [-0.25, -0.2) is 9.78 Å². The lowest BCUT2D eigenvalue weighted by molar-refractivity contribution is -0.119. The fourth-order valence-electron chi connectivity index (χ4n) is 3.45. The van der Waals surface area contributed by atoms with Gasteiger partial charge in [-0.05, 0) is 68.8 Å². The number of hydrogen-bond acceptors (Lipinski definition) is 6. The van der Waals surface area contributed by atoms with E-state index in [9.17, 15) is 14.4 Å². The fourth-order valence-corrected chi connectivity index (χ4v) is 3.45. The summed E-state index contributed by atoms with van der Waals surface area (Å²) in [7, 11) is 0. The zero-order valence-corrected chi connectivity index (χ0v) is 18.5. The number of aromatic nitrogens is 1. The SMILES string of the molecule is CCOC(=O)c1ccc(Oc2ccc(NC(=O)c3ccc4c(c3)NC(=O)C4(C)C)cn2)cc1.